The van der Waals surface area contributed by atoms with Crippen molar-refractivity contribution in [3.63, 3.8) is 0 Å². The predicted molar refractivity (Wildman–Crippen MR) is 41.5 cm³/mol. The third kappa shape index (κ3) is 1.66. The molecule has 1 aromatic rings. The van der Waals surface area contributed by atoms with Crippen LogP contribution in [-0.2, 0) is 0 Å². The monoisotopic (exact) mass is 169 g/mol. The molecule has 0 radical (unpaired) electrons. The van der Waals surface area contributed by atoms with E-state index in [1.807, 2.05) is 0 Å². The number of aromatic amines is 1. The molecule has 1 N–H and O–H groups in total. The van der Waals surface area contributed by atoms with Crippen LogP contribution in [0.15, 0.2) is 16.2 Å². The van der Waals surface area contributed by atoms with Gasteiger partial charge in [-0.05, 0) is 12.1 Å². The second kappa shape index (κ2) is 3.61. The molecular formula is C6H7N3O3. The molecule has 6 heteroatoms. The Kier molecular flexibility index (Phi) is 2.52. The zero-order valence-corrected chi connectivity index (χ0v) is 6.40. The SMILES string of the molecule is CCOc1ncc(N=O)c(=O)[nH]1. The quantitative estimate of drug-likeness (QED) is 0.670. The summed E-state index contributed by atoms with van der Waals surface area (Å²) in [6.07, 6.45) is 1.07. The third-order valence-corrected chi connectivity index (χ3v) is 1.14. The zero-order chi connectivity index (χ0) is 8.97. The Morgan fingerprint density at radius 1 is 1.75 bits per heavy atom. The van der Waals surface area contributed by atoms with Gasteiger partial charge in [-0.3, -0.25) is 9.78 Å². The molecular weight excluding hydrogens is 162 g/mol. The van der Waals surface area contributed by atoms with Gasteiger partial charge in [0.1, 0.15) is 0 Å². The van der Waals surface area contributed by atoms with E-state index >= 15 is 0 Å². The summed E-state index contributed by atoms with van der Waals surface area (Å²) in [5.41, 5.74) is -0.845. The van der Waals surface area contributed by atoms with E-state index in [4.69, 9.17) is 4.74 Å². The molecule has 0 fully saturated rings. The highest BCUT2D eigenvalue weighted by molar-refractivity contribution is 5.29. The predicted octanol–water partition coefficient (Wildman–Crippen LogP) is 0.566. The molecule has 0 amide bonds. The number of nitrogens with one attached hydrogen (secondary N) is 1. The van der Waals surface area contributed by atoms with Gasteiger partial charge in [0.25, 0.3) is 11.6 Å². The molecule has 1 heterocycles. The third-order valence-electron chi connectivity index (χ3n) is 1.14. The second-order valence-electron chi connectivity index (χ2n) is 1.93. The van der Waals surface area contributed by atoms with E-state index in [-0.39, 0.29) is 11.7 Å². The lowest BCUT2D eigenvalue weighted by Crippen LogP contribution is -2.09. The van der Waals surface area contributed by atoms with Gasteiger partial charge in [0.15, 0.2) is 5.69 Å². The maximum absolute atomic E-state index is 10.9. The van der Waals surface area contributed by atoms with Crippen LogP contribution < -0.4 is 10.3 Å². The summed E-state index contributed by atoms with van der Waals surface area (Å²) < 4.78 is 4.88. The molecule has 0 aliphatic heterocycles. The fraction of sp³-hybridized carbons (Fsp3) is 0.333. The van der Waals surface area contributed by atoms with Gasteiger partial charge in [0.2, 0.25) is 0 Å². The lowest BCUT2D eigenvalue weighted by molar-refractivity contribution is 0.311. The van der Waals surface area contributed by atoms with Crippen molar-refractivity contribution < 1.29 is 4.74 Å². The first kappa shape index (κ1) is 8.38. The second-order valence-corrected chi connectivity index (χ2v) is 1.93. The molecule has 0 unspecified atom stereocenters. The fourth-order valence-electron chi connectivity index (χ4n) is 0.647. The first-order valence-electron chi connectivity index (χ1n) is 3.33. The van der Waals surface area contributed by atoms with Gasteiger partial charge in [-0.2, -0.15) is 0 Å². The van der Waals surface area contributed by atoms with E-state index in [0.717, 1.165) is 6.20 Å². The van der Waals surface area contributed by atoms with Gasteiger partial charge in [-0.15, -0.1) is 4.91 Å². The number of hydrogen-bond donors (Lipinski definition) is 1. The lowest BCUT2D eigenvalue weighted by Gasteiger charge is -1.98. The molecule has 0 saturated heterocycles. The van der Waals surface area contributed by atoms with Crippen LogP contribution in [0.5, 0.6) is 6.01 Å². The van der Waals surface area contributed by atoms with Crippen LogP contribution in [0.2, 0.25) is 0 Å². The number of H-pyrrole nitrogens is 1. The van der Waals surface area contributed by atoms with E-state index < -0.39 is 5.56 Å². The molecule has 0 spiro atoms. The number of hydrogen-bond acceptors (Lipinski definition) is 5. The van der Waals surface area contributed by atoms with E-state index in [2.05, 4.69) is 15.1 Å². The number of rotatable bonds is 3. The normalized spacial score (nSPS) is 9.42. The van der Waals surface area contributed by atoms with Gasteiger partial charge in [-0.25, -0.2) is 4.98 Å². The van der Waals surface area contributed by atoms with Crippen molar-refractivity contribution in [1.82, 2.24) is 9.97 Å². The van der Waals surface area contributed by atoms with Crippen LogP contribution in [0.1, 0.15) is 6.92 Å². The van der Waals surface area contributed by atoms with Gasteiger partial charge < -0.3 is 4.74 Å². The van der Waals surface area contributed by atoms with Gasteiger partial charge in [0.05, 0.1) is 12.8 Å². The number of nitrogens with zero attached hydrogens (tertiary/aromatic N) is 2. The minimum atomic E-state index is -0.594. The summed E-state index contributed by atoms with van der Waals surface area (Å²) in [7, 11) is 0. The van der Waals surface area contributed by atoms with E-state index in [9.17, 15) is 9.70 Å². The molecule has 1 rings (SSSR count). The Balaban J connectivity index is 3.02. The highest BCUT2D eigenvalue weighted by atomic mass is 16.5. The summed E-state index contributed by atoms with van der Waals surface area (Å²) in [6.45, 7) is 2.16. The van der Waals surface area contributed by atoms with E-state index in [1.165, 1.54) is 0 Å². The molecule has 64 valence electrons. The first-order valence-corrected chi connectivity index (χ1v) is 3.33. The van der Waals surface area contributed by atoms with Crippen molar-refractivity contribution in [2.75, 3.05) is 6.61 Å². The number of nitroso groups, excluding NO2 is 1. The molecule has 12 heavy (non-hydrogen) atoms. The fourth-order valence-corrected chi connectivity index (χ4v) is 0.647. The van der Waals surface area contributed by atoms with Gasteiger partial charge in [0, 0.05) is 0 Å². The van der Waals surface area contributed by atoms with Crippen LogP contribution in [0.3, 0.4) is 0 Å². The molecule has 0 aromatic carbocycles. The smallest absolute Gasteiger partial charge is 0.296 e. The summed E-state index contributed by atoms with van der Waals surface area (Å²) in [5, 5.41) is 2.46. The van der Waals surface area contributed by atoms with Crippen LogP contribution in [0.25, 0.3) is 0 Å². The summed E-state index contributed by atoms with van der Waals surface area (Å²) in [5.74, 6) is 0. The van der Waals surface area contributed by atoms with Crippen molar-refractivity contribution in [3.05, 3.63) is 21.5 Å². The Morgan fingerprint density at radius 3 is 3.00 bits per heavy atom. The van der Waals surface area contributed by atoms with Crippen LogP contribution in [0, 0.1) is 4.91 Å². The number of ether oxygens (including phenoxy) is 1. The maximum Gasteiger partial charge on any atom is 0.296 e. The molecule has 0 saturated carbocycles. The van der Waals surface area contributed by atoms with Crippen molar-refractivity contribution in [2.45, 2.75) is 6.92 Å². The Morgan fingerprint density at radius 2 is 2.50 bits per heavy atom. The standard InChI is InChI=1S/C6H7N3O3/c1-2-12-6-7-3-4(9-11)5(10)8-6/h3H,2H2,1H3,(H,7,8,10). The molecule has 0 aliphatic carbocycles. The van der Waals surface area contributed by atoms with Crippen molar-refractivity contribution in [1.29, 1.82) is 0 Å². The van der Waals surface area contributed by atoms with E-state index in [1.54, 1.807) is 6.92 Å². The Bertz CT molecular complexity index is 333. The molecule has 0 bridgehead atoms. The average molecular weight is 169 g/mol. The minimum Gasteiger partial charge on any atom is -0.465 e. The van der Waals surface area contributed by atoms with Crippen molar-refractivity contribution >= 4 is 5.69 Å². The molecule has 1 aromatic heterocycles. The van der Waals surface area contributed by atoms with Gasteiger partial charge in [-0.1, -0.05) is 0 Å². The molecule has 6 nitrogen and oxygen atoms in total. The Hall–Kier alpha value is -1.72. The zero-order valence-electron chi connectivity index (χ0n) is 6.40. The number of aromatic nitrogens is 2. The summed E-state index contributed by atoms with van der Waals surface area (Å²) >= 11 is 0. The van der Waals surface area contributed by atoms with Crippen LogP contribution in [-0.4, -0.2) is 16.6 Å². The van der Waals surface area contributed by atoms with Crippen LogP contribution >= 0.6 is 0 Å². The lowest BCUT2D eigenvalue weighted by atomic mass is 10.5. The minimum absolute atomic E-state index is 0.0925. The maximum atomic E-state index is 10.9. The Labute approximate surface area is 67.6 Å². The van der Waals surface area contributed by atoms with E-state index in [0.29, 0.717) is 6.61 Å². The molecule has 0 atom stereocenters. The average Bonchev–Trinajstić information content (AvgIpc) is 2.05. The molecule has 0 aliphatic rings. The van der Waals surface area contributed by atoms with Crippen molar-refractivity contribution in [2.24, 2.45) is 5.18 Å². The van der Waals surface area contributed by atoms with Gasteiger partial charge >= 0.3 is 0 Å². The highest BCUT2D eigenvalue weighted by Crippen LogP contribution is 2.03. The highest BCUT2D eigenvalue weighted by Gasteiger charge is 2.01. The summed E-state index contributed by atoms with van der Waals surface area (Å²) in [6, 6.07) is 0.0925. The van der Waals surface area contributed by atoms with Crippen LogP contribution in [0.4, 0.5) is 5.69 Å². The first-order chi connectivity index (χ1) is 5.77. The largest absolute Gasteiger partial charge is 0.465 e. The van der Waals surface area contributed by atoms with Crippen molar-refractivity contribution in [3.8, 4) is 6.01 Å². The topological polar surface area (TPSA) is 84.4 Å². The summed E-state index contributed by atoms with van der Waals surface area (Å²) in [4.78, 5) is 26.7.